The molecule has 4 nitrogen and oxygen atoms in total. The Morgan fingerprint density at radius 3 is 2.41 bits per heavy atom. The zero-order valence-corrected chi connectivity index (χ0v) is 19.2. The van der Waals surface area contributed by atoms with Crippen LogP contribution in [0.25, 0.3) is 0 Å². The number of hydrogen-bond donors (Lipinski definition) is 1. The van der Waals surface area contributed by atoms with Gasteiger partial charge in [-0.2, -0.15) is 0 Å². The van der Waals surface area contributed by atoms with Gasteiger partial charge in [-0.05, 0) is 70.1 Å². The van der Waals surface area contributed by atoms with Crippen molar-refractivity contribution >= 4 is 9.84 Å². The lowest BCUT2D eigenvalue weighted by atomic mass is 9.77. The highest BCUT2D eigenvalue weighted by atomic mass is 32.2. The third kappa shape index (κ3) is 6.67. The fourth-order valence-corrected chi connectivity index (χ4v) is 7.20. The minimum Gasteiger partial charge on any atom is -0.392 e. The highest BCUT2D eigenvalue weighted by molar-refractivity contribution is 7.91. The maximum atomic E-state index is 12.7. The van der Waals surface area contributed by atoms with Crippen LogP contribution in [-0.2, 0) is 9.84 Å². The Hall–Kier alpha value is -0.650. The second-order valence-electron chi connectivity index (χ2n) is 9.76. The van der Waals surface area contributed by atoms with Gasteiger partial charge < -0.3 is 5.11 Å². The predicted octanol–water partition coefficient (Wildman–Crippen LogP) is 4.35. The number of hydrogen-bond acceptors (Lipinski definition) is 4. The summed E-state index contributed by atoms with van der Waals surface area (Å²) in [5.74, 6) is 1.94. The first-order chi connectivity index (χ1) is 13.9. The van der Waals surface area contributed by atoms with E-state index in [1.165, 1.54) is 38.5 Å². The molecule has 5 heteroatoms. The van der Waals surface area contributed by atoms with E-state index in [4.69, 9.17) is 0 Å². The van der Waals surface area contributed by atoms with Crippen molar-refractivity contribution in [3.8, 4) is 0 Å². The summed E-state index contributed by atoms with van der Waals surface area (Å²) in [5, 5.41) is 10.5. The van der Waals surface area contributed by atoms with Crippen LogP contribution in [0.4, 0.5) is 0 Å². The number of β-amino-alcohol motifs (C(OH)–C–C–N with tert-alkyl or cyclic N) is 1. The standard InChI is InChI=1S/C24H41NO3S/c1-19-8-7-9-20(2)25(19)18-23(26)15-17-29(27,28)16-14-22-12-4-3-10-21-11-5-6-13-24(21)22/h5-6,11,13,19-24,26H,3-4,7-10,12,14-18H2,1-2H3. The lowest BCUT2D eigenvalue weighted by molar-refractivity contribution is 0.0406. The molecule has 2 aliphatic carbocycles. The normalized spacial score (nSPS) is 34.5. The smallest absolute Gasteiger partial charge is 0.150 e. The second-order valence-corrected chi connectivity index (χ2v) is 12.1. The van der Waals surface area contributed by atoms with E-state index in [1.807, 2.05) is 0 Å². The zero-order valence-electron chi connectivity index (χ0n) is 18.4. The van der Waals surface area contributed by atoms with Gasteiger partial charge in [0.05, 0.1) is 17.6 Å². The zero-order chi connectivity index (χ0) is 20.9. The van der Waals surface area contributed by atoms with Crippen LogP contribution in [0.2, 0.25) is 0 Å². The Morgan fingerprint density at radius 1 is 0.966 bits per heavy atom. The Bertz CT molecular complexity index is 662. The highest BCUT2D eigenvalue weighted by Gasteiger charge is 2.31. The molecule has 29 heavy (non-hydrogen) atoms. The summed E-state index contributed by atoms with van der Waals surface area (Å²) in [5.41, 5.74) is 0. The maximum Gasteiger partial charge on any atom is 0.150 e. The van der Waals surface area contributed by atoms with E-state index in [1.54, 1.807) is 0 Å². The molecule has 1 saturated carbocycles. The molecule has 1 saturated heterocycles. The molecule has 0 bridgehead atoms. The van der Waals surface area contributed by atoms with Crippen molar-refractivity contribution < 1.29 is 13.5 Å². The second kappa shape index (κ2) is 10.6. The molecule has 3 rings (SSSR count). The minimum atomic E-state index is -3.11. The largest absolute Gasteiger partial charge is 0.392 e. The first kappa shape index (κ1) is 23.0. The number of aliphatic hydroxyl groups excluding tert-OH is 1. The molecule has 3 aliphatic rings. The number of sulfone groups is 1. The first-order valence-electron chi connectivity index (χ1n) is 11.8. The van der Waals surface area contributed by atoms with E-state index in [0.29, 0.717) is 42.8 Å². The molecule has 6 unspecified atom stereocenters. The fraction of sp³-hybridized carbons (Fsp3) is 0.833. The van der Waals surface area contributed by atoms with E-state index in [9.17, 15) is 13.5 Å². The average molecular weight is 424 g/mol. The molecule has 0 aromatic carbocycles. The number of fused-ring (bicyclic) bond motifs is 1. The van der Waals surface area contributed by atoms with Gasteiger partial charge >= 0.3 is 0 Å². The molecule has 0 aromatic heterocycles. The lowest BCUT2D eigenvalue weighted by Gasteiger charge is -2.40. The summed E-state index contributed by atoms with van der Waals surface area (Å²) in [6.45, 7) is 5.03. The number of piperidine rings is 1. The first-order valence-corrected chi connectivity index (χ1v) is 13.7. The van der Waals surface area contributed by atoms with Gasteiger partial charge in [-0.25, -0.2) is 8.42 Å². The van der Waals surface area contributed by atoms with Crippen LogP contribution < -0.4 is 0 Å². The van der Waals surface area contributed by atoms with Gasteiger partial charge in [0, 0.05) is 18.6 Å². The van der Waals surface area contributed by atoms with Crippen LogP contribution in [-0.4, -0.2) is 54.7 Å². The van der Waals surface area contributed by atoms with E-state index in [0.717, 1.165) is 12.8 Å². The van der Waals surface area contributed by atoms with Crippen molar-refractivity contribution in [3.05, 3.63) is 24.3 Å². The summed E-state index contributed by atoms with van der Waals surface area (Å²) in [6, 6.07) is 0.955. The molecule has 0 spiro atoms. The van der Waals surface area contributed by atoms with Crippen LogP contribution >= 0.6 is 0 Å². The molecule has 166 valence electrons. The van der Waals surface area contributed by atoms with Gasteiger partial charge in [-0.15, -0.1) is 0 Å². The van der Waals surface area contributed by atoms with Crippen molar-refractivity contribution in [3.63, 3.8) is 0 Å². The Labute approximate surface area is 178 Å². The molecule has 1 aliphatic heterocycles. The quantitative estimate of drug-likeness (QED) is 0.630. The Balaban J connectivity index is 1.46. The molecule has 0 radical (unpaired) electrons. The van der Waals surface area contributed by atoms with Gasteiger partial charge in [0.1, 0.15) is 9.84 Å². The Morgan fingerprint density at radius 2 is 1.66 bits per heavy atom. The summed E-state index contributed by atoms with van der Waals surface area (Å²) >= 11 is 0. The maximum absolute atomic E-state index is 12.7. The molecular formula is C24H41NO3S. The van der Waals surface area contributed by atoms with Crippen LogP contribution in [0.1, 0.15) is 71.6 Å². The van der Waals surface area contributed by atoms with Crippen molar-refractivity contribution in [1.29, 1.82) is 0 Å². The lowest BCUT2D eigenvalue weighted by Crippen LogP contribution is -2.47. The topological polar surface area (TPSA) is 57.6 Å². The number of rotatable bonds is 8. The predicted molar refractivity (Wildman–Crippen MR) is 121 cm³/mol. The van der Waals surface area contributed by atoms with Gasteiger partial charge in [0.25, 0.3) is 0 Å². The van der Waals surface area contributed by atoms with Gasteiger partial charge in [-0.3, -0.25) is 4.90 Å². The third-order valence-corrected chi connectivity index (χ3v) is 9.28. The molecule has 6 atom stereocenters. The van der Waals surface area contributed by atoms with Crippen LogP contribution in [0.15, 0.2) is 24.3 Å². The van der Waals surface area contributed by atoms with Crippen LogP contribution in [0.3, 0.4) is 0 Å². The number of allylic oxidation sites excluding steroid dienone is 4. The van der Waals surface area contributed by atoms with Crippen molar-refractivity contribution in [2.45, 2.75) is 89.8 Å². The summed E-state index contributed by atoms with van der Waals surface area (Å²) in [4.78, 5) is 2.36. The highest BCUT2D eigenvalue weighted by Crippen LogP contribution is 2.38. The fourth-order valence-electron chi connectivity index (χ4n) is 5.70. The van der Waals surface area contributed by atoms with E-state index in [2.05, 4.69) is 43.1 Å². The van der Waals surface area contributed by atoms with Crippen molar-refractivity contribution in [2.75, 3.05) is 18.1 Å². The van der Waals surface area contributed by atoms with Gasteiger partial charge in [0.2, 0.25) is 0 Å². The molecule has 0 aromatic rings. The van der Waals surface area contributed by atoms with E-state index < -0.39 is 15.9 Å². The molecule has 0 amide bonds. The minimum absolute atomic E-state index is 0.112. The van der Waals surface area contributed by atoms with Crippen LogP contribution in [0, 0.1) is 17.8 Å². The molecular weight excluding hydrogens is 382 g/mol. The van der Waals surface area contributed by atoms with E-state index in [-0.39, 0.29) is 11.5 Å². The van der Waals surface area contributed by atoms with Crippen molar-refractivity contribution in [2.24, 2.45) is 17.8 Å². The summed E-state index contributed by atoms with van der Waals surface area (Å²) in [6.07, 6.45) is 17.9. The molecule has 1 heterocycles. The van der Waals surface area contributed by atoms with Gasteiger partial charge in [0.15, 0.2) is 0 Å². The molecule has 2 fully saturated rings. The third-order valence-electron chi connectivity index (χ3n) is 7.56. The van der Waals surface area contributed by atoms with Gasteiger partial charge in [-0.1, -0.05) is 43.6 Å². The SMILES string of the molecule is CC1CCCC(C)N1CC(O)CCS(=O)(=O)CCC1CCCCC2C=CC=CC21. The van der Waals surface area contributed by atoms with Crippen LogP contribution in [0.5, 0.6) is 0 Å². The van der Waals surface area contributed by atoms with E-state index >= 15 is 0 Å². The number of aliphatic hydroxyl groups is 1. The average Bonchev–Trinajstić information content (AvgIpc) is 2.90. The number of likely N-dealkylation sites (tertiary alicyclic amines) is 1. The summed E-state index contributed by atoms with van der Waals surface area (Å²) in [7, 11) is -3.11. The molecule has 1 N–H and O–H groups in total. The van der Waals surface area contributed by atoms with Crippen molar-refractivity contribution in [1.82, 2.24) is 4.90 Å². The number of nitrogens with zero attached hydrogens (tertiary/aromatic N) is 1. The monoisotopic (exact) mass is 423 g/mol. The summed E-state index contributed by atoms with van der Waals surface area (Å²) < 4.78 is 25.4. The Kier molecular flexibility index (Phi) is 8.41.